The Bertz CT molecular complexity index is 1030. The molecule has 0 radical (unpaired) electrons. The second-order valence-corrected chi connectivity index (χ2v) is 7.78. The molecule has 3 rings (SSSR count). The summed E-state index contributed by atoms with van der Waals surface area (Å²) in [5.74, 6) is 0.582. The van der Waals surface area contributed by atoms with Gasteiger partial charge in [-0.25, -0.2) is 4.79 Å². The van der Waals surface area contributed by atoms with E-state index in [2.05, 4.69) is 10.6 Å². The highest BCUT2D eigenvalue weighted by atomic mass is 16.5. The second-order valence-electron chi connectivity index (χ2n) is 7.78. The van der Waals surface area contributed by atoms with Gasteiger partial charge in [-0.3, -0.25) is 4.79 Å². The average Bonchev–Trinajstić information content (AvgIpc) is 2.85. The number of hydrogen-bond donors (Lipinski definition) is 2. The molecule has 0 aliphatic carbocycles. The standard InChI is InChI=1S/C27H31N3O3/c1-21(23-12-7-4-8-13-23)30(27(32)29-24-14-9-15-25(20-24)33-2)19-17-26(31)28-18-16-22-10-5-3-6-11-22/h3-15,20-21H,16-19H2,1-2H3,(H,28,31)(H,29,32). The fraction of sp³-hybridized carbons (Fsp3) is 0.259. The van der Waals surface area contributed by atoms with Gasteiger partial charge in [-0.15, -0.1) is 0 Å². The summed E-state index contributed by atoms with van der Waals surface area (Å²) in [6, 6.07) is 26.6. The zero-order valence-corrected chi connectivity index (χ0v) is 19.2. The molecule has 0 saturated carbocycles. The van der Waals surface area contributed by atoms with Crippen molar-refractivity contribution < 1.29 is 14.3 Å². The van der Waals surface area contributed by atoms with Crippen LogP contribution < -0.4 is 15.4 Å². The maximum Gasteiger partial charge on any atom is 0.322 e. The summed E-state index contributed by atoms with van der Waals surface area (Å²) in [7, 11) is 1.58. The lowest BCUT2D eigenvalue weighted by molar-refractivity contribution is -0.121. The maximum absolute atomic E-state index is 13.2. The maximum atomic E-state index is 13.2. The Balaban J connectivity index is 1.62. The lowest BCUT2D eigenvalue weighted by Crippen LogP contribution is -2.40. The van der Waals surface area contributed by atoms with E-state index < -0.39 is 0 Å². The van der Waals surface area contributed by atoms with Crippen molar-refractivity contribution in [2.24, 2.45) is 0 Å². The molecule has 2 N–H and O–H groups in total. The van der Waals surface area contributed by atoms with Gasteiger partial charge in [-0.2, -0.15) is 0 Å². The SMILES string of the molecule is COc1cccc(NC(=O)N(CCC(=O)NCCc2ccccc2)C(C)c2ccccc2)c1. The average molecular weight is 446 g/mol. The van der Waals surface area contributed by atoms with Crippen molar-refractivity contribution in [3.05, 3.63) is 96.1 Å². The van der Waals surface area contributed by atoms with Gasteiger partial charge in [0.1, 0.15) is 5.75 Å². The van der Waals surface area contributed by atoms with Crippen molar-refractivity contribution in [3.63, 3.8) is 0 Å². The Morgan fingerprint density at radius 2 is 1.64 bits per heavy atom. The summed E-state index contributed by atoms with van der Waals surface area (Å²) in [4.78, 5) is 27.3. The minimum Gasteiger partial charge on any atom is -0.497 e. The number of nitrogens with one attached hydrogen (secondary N) is 2. The molecule has 6 heteroatoms. The number of amides is 3. The van der Waals surface area contributed by atoms with Crippen molar-refractivity contribution >= 4 is 17.6 Å². The molecule has 0 bridgehead atoms. The molecular formula is C27H31N3O3. The minimum atomic E-state index is -0.267. The molecule has 172 valence electrons. The second kappa shape index (κ2) is 12.3. The van der Waals surface area contributed by atoms with Crippen LogP contribution in [0.3, 0.4) is 0 Å². The van der Waals surface area contributed by atoms with Crippen molar-refractivity contribution in [1.82, 2.24) is 10.2 Å². The van der Waals surface area contributed by atoms with Crippen LogP contribution in [0.15, 0.2) is 84.9 Å². The molecule has 0 saturated heterocycles. The first-order valence-electron chi connectivity index (χ1n) is 11.1. The van der Waals surface area contributed by atoms with Crippen molar-refractivity contribution in [3.8, 4) is 5.75 Å². The number of anilines is 1. The van der Waals surface area contributed by atoms with Gasteiger partial charge in [0.2, 0.25) is 5.91 Å². The van der Waals surface area contributed by atoms with Gasteiger partial charge in [0.05, 0.1) is 13.2 Å². The smallest absolute Gasteiger partial charge is 0.322 e. The van der Waals surface area contributed by atoms with Gasteiger partial charge in [-0.05, 0) is 36.6 Å². The number of methoxy groups -OCH3 is 1. The predicted molar refractivity (Wildman–Crippen MR) is 131 cm³/mol. The number of hydrogen-bond acceptors (Lipinski definition) is 3. The van der Waals surface area contributed by atoms with Gasteiger partial charge in [0.25, 0.3) is 0 Å². The number of carbonyl (C=O) groups is 2. The first kappa shape index (κ1) is 23.9. The quantitative estimate of drug-likeness (QED) is 0.459. The lowest BCUT2D eigenvalue weighted by Gasteiger charge is -2.30. The van der Waals surface area contributed by atoms with Crippen molar-refractivity contribution in [2.75, 3.05) is 25.5 Å². The monoisotopic (exact) mass is 445 g/mol. The van der Waals surface area contributed by atoms with Crippen LogP contribution in [0, 0.1) is 0 Å². The molecule has 0 aromatic heterocycles. The lowest BCUT2D eigenvalue weighted by atomic mass is 10.1. The third-order valence-electron chi connectivity index (χ3n) is 5.49. The summed E-state index contributed by atoms with van der Waals surface area (Å²) in [5.41, 5.74) is 2.81. The first-order chi connectivity index (χ1) is 16.1. The number of ether oxygens (including phenoxy) is 1. The zero-order chi connectivity index (χ0) is 23.5. The van der Waals surface area contributed by atoms with Gasteiger partial charge < -0.3 is 20.3 Å². The molecule has 0 fully saturated rings. The number of rotatable bonds is 10. The van der Waals surface area contributed by atoms with E-state index in [1.165, 1.54) is 5.56 Å². The van der Waals surface area contributed by atoms with Crippen LogP contribution in [0.25, 0.3) is 0 Å². The van der Waals surface area contributed by atoms with E-state index >= 15 is 0 Å². The molecule has 3 aromatic carbocycles. The van der Waals surface area contributed by atoms with E-state index in [4.69, 9.17) is 4.74 Å². The Morgan fingerprint density at radius 1 is 0.939 bits per heavy atom. The summed E-state index contributed by atoms with van der Waals surface area (Å²) in [6.45, 7) is 2.82. The number of benzene rings is 3. The van der Waals surface area contributed by atoms with E-state index in [0.29, 0.717) is 24.5 Å². The molecular weight excluding hydrogens is 414 g/mol. The number of urea groups is 1. The van der Waals surface area contributed by atoms with E-state index in [-0.39, 0.29) is 24.4 Å². The highest BCUT2D eigenvalue weighted by Gasteiger charge is 2.22. The van der Waals surface area contributed by atoms with Gasteiger partial charge >= 0.3 is 6.03 Å². The fourth-order valence-corrected chi connectivity index (χ4v) is 3.58. The summed E-state index contributed by atoms with van der Waals surface area (Å²) in [6.07, 6.45) is 0.991. The highest BCUT2D eigenvalue weighted by molar-refractivity contribution is 5.90. The highest BCUT2D eigenvalue weighted by Crippen LogP contribution is 2.23. The minimum absolute atomic E-state index is 0.0784. The molecule has 3 aromatic rings. The molecule has 1 atom stereocenters. The van der Waals surface area contributed by atoms with Gasteiger partial charge in [-0.1, -0.05) is 66.7 Å². The van der Waals surface area contributed by atoms with E-state index in [1.807, 2.05) is 85.8 Å². The van der Waals surface area contributed by atoms with E-state index in [1.54, 1.807) is 18.1 Å². The third-order valence-corrected chi connectivity index (χ3v) is 5.49. The van der Waals surface area contributed by atoms with Crippen LogP contribution in [-0.4, -0.2) is 37.0 Å². The van der Waals surface area contributed by atoms with Crippen LogP contribution in [0.1, 0.15) is 30.5 Å². The molecule has 0 spiro atoms. The summed E-state index contributed by atoms with van der Waals surface area (Å²) < 4.78 is 5.24. The van der Waals surface area contributed by atoms with Crippen molar-refractivity contribution in [1.29, 1.82) is 0 Å². The van der Waals surface area contributed by atoms with Crippen LogP contribution >= 0.6 is 0 Å². The van der Waals surface area contributed by atoms with E-state index in [0.717, 1.165) is 12.0 Å². The van der Waals surface area contributed by atoms with E-state index in [9.17, 15) is 9.59 Å². The molecule has 6 nitrogen and oxygen atoms in total. The Hall–Kier alpha value is -3.80. The molecule has 0 aliphatic rings. The largest absolute Gasteiger partial charge is 0.497 e. The Kier molecular flexibility index (Phi) is 8.88. The Morgan fingerprint density at radius 3 is 2.33 bits per heavy atom. The van der Waals surface area contributed by atoms with Crippen LogP contribution in [0.2, 0.25) is 0 Å². The Labute approximate surface area is 195 Å². The number of carbonyl (C=O) groups excluding carboxylic acids is 2. The topological polar surface area (TPSA) is 70.7 Å². The third kappa shape index (κ3) is 7.38. The molecule has 3 amide bonds. The molecule has 0 aliphatic heterocycles. The normalized spacial score (nSPS) is 11.3. The molecule has 1 unspecified atom stereocenters. The number of nitrogens with zero attached hydrogens (tertiary/aromatic N) is 1. The van der Waals surface area contributed by atoms with Crippen LogP contribution in [0.4, 0.5) is 10.5 Å². The van der Waals surface area contributed by atoms with Crippen LogP contribution in [0.5, 0.6) is 5.75 Å². The zero-order valence-electron chi connectivity index (χ0n) is 19.2. The van der Waals surface area contributed by atoms with Crippen molar-refractivity contribution in [2.45, 2.75) is 25.8 Å². The van der Waals surface area contributed by atoms with Gasteiger partial charge in [0.15, 0.2) is 0 Å². The fourth-order valence-electron chi connectivity index (χ4n) is 3.58. The van der Waals surface area contributed by atoms with Crippen LogP contribution in [-0.2, 0) is 11.2 Å². The predicted octanol–water partition coefficient (Wildman–Crippen LogP) is 5.04. The van der Waals surface area contributed by atoms with Gasteiger partial charge in [0, 0.05) is 31.3 Å². The first-order valence-corrected chi connectivity index (χ1v) is 11.1. The summed E-state index contributed by atoms with van der Waals surface area (Å²) in [5, 5.41) is 5.89. The molecule has 33 heavy (non-hydrogen) atoms. The summed E-state index contributed by atoms with van der Waals surface area (Å²) >= 11 is 0. The molecule has 0 heterocycles.